The van der Waals surface area contributed by atoms with E-state index in [1.165, 1.54) is 18.2 Å². The average Bonchev–Trinajstić information content (AvgIpc) is 2.20. The highest BCUT2D eigenvalue weighted by Crippen LogP contribution is 2.23. The normalized spacial score (nSPS) is 13.2. The molecule has 0 radical (unpaired) electrons. The van der Waals surface area contributed by atoms with Gasteiger partial charge in [-0.05, 0) is 39.0 Å². The molecule has 1 atom stereocenters. The van der Waals surface area contributed by atoms with Gasteiger partial charge in [-0.15, -0.1) is 11.6 Å². The lowest BCUT2D eigenvalue weighted by Crippen LogP contribution is -2.49. The first-order chi connectivity index (χ1) is 7.74. The number of aromatic hydroxyl groups is 2. The number of benzene rings is 1. The largest absolute Gasteiger partial charge is 0.508 e. The maximum absolute atomic E-state index is 11.9. The number of phenolic OH excluding ortho intramolecular Hbond substituents is 2. The Kier molecular flexibility index (Phi) is 3.88. The smallest absolute Gasteiger partial charge is 0.255 e. The van der Waals surface area contributed by atoms with Crippen LogP contribution in [0.2, 0.25) is 0 Å². The second-order valence-corrected chi connectivity index (χ2v) is 5.15. The first kappa shape index (κ1) is 13.6. The van der Waals surface area contributed by atoms with Crippen molar-refractivity contribution in [2.24, 2.45) is 0 Å². The molecule has 0 fully saturated rings. The van der Waals surface area contributed by atoms with Gasteiger partial charge in [0.05, 0.1) is 16.5 Å². The number of carbonyl (C=O) groups is 1. The number of rotatable bonds is 3. The van der Waals surface area contributed by atoms with Crippen molar-refractivity contribution in [2.45, 2.75) is 31.7 Å². The van der Waals surface area contributed by atoms with Gasteiger partial charge in [0.25, 0.3) is 5.91 Å². The van der Waals surface area contributed by atoms with Gasteiger partial charge in [-0.25, -0.2) is 0 Å². The molecule has 1 aromatic rings. The highest BCUT2D eigenvalue weighted by atomic mass is 35.5. The van der Waals surface area contributed by atoms with Crippen molar-refractivity contribution in [1.29, 1.82) is 0 Å². The minimum absolute atomic E-state index is 0.0235. The number of hydrogen-bond donors (Lipinski definition) is 3. The molecule has 0 heterocycles. The topological polar surface area (TPSA) is 69.6 Å². The molecule has 0 aliphatic rings. The fraction of sp³-hybridized carbons (Fsp3) is 0.417. The summed E-state index contributed by atoms with van der Waals surface area (Å²) in [5, 5.41) is 21.2. The number of alkyl halides is 1. The van der Waals surface area contributed by atoms with Crippen LogP contribution in [0.15, 0.2) is 18.2 Å². The number of carbonyl (C=O) groups excluding carboxylic acids is 1. The molecule has 1 rings (SSSR count). The van der Waals surface area contributed by atoms with E-state index in [2.05, 4.69) is 5.32 Å². The summed E-state index contributed by atoms with van der Waals surface area (Å²) in [7, 11) is 0. The van der Waals surface area contributed by atoms with E-state index in [1.807, 2.05) is 0 Å². The maximum Gasteiger partial charge on any atom is 0.255 e. The zero-order valence-corrected chi connectivity index (χ0v) is 10.7. The van der Waals surface area contributed by atoms with Gasteiger partial charge in [-0.2, -0.15) is 0 Å². The summed E-state index contributed by atoms with van der Waals surface area (Å²) in [6, 6.07) is 3.78. The molecule has 0 aliphatic heterocycles. The van der Waals surface area contributed by atoms with Crippen LogP contribution >= 0.6 is 11.6 Å². The highest BCUT2D eigenvalue weighted by Gasteiger charge is 2.27. The van der Waals surface area contributed by atoms with E-state index in [-0.39, 0.29) is 22.4 Å². The molecule has 0 spiro atoms. The van der Waals surface area contributed by atoms with Gasteiger partial charge in [0.15, 0.2) is 0 Å². The molecule has 0 saturated heterocycles. The third-order valence-corrected chi connectivity index (χ3v) is 3.20. The Morgan fingerprint density at radius 2 is 2.00 bits per heavy atom. The summed E-state index contributed by atoms with van der Waals surface area (Å²) < 4.78 is 0. The Bertz CT molecular complexity index is 430. The van der Waals surface area contributed by atoms with Crippen LogP contribution in [-0.4, -0.2) is 27.0 Å². The SMILES string of the molecule is CC(Cl)C(C)(C)NC(=O)c1cc(O)ccc1O. The quantitative estimate of drug-likeness (QED) is 0.575. The van der Waals surface area contributed by atoms with Gasteiger partial charge in [-0.3, -0.25) is 4.79 Å². The predicted octanol–water partition coefficient (Wildman–Crippen LogP) is 2.23. The van der Waals surface area contributed by atoms with Crippen molar-refractivity contribution in [3.8, 4) is 11.5 Å². The molecule has 5 heteroatoms. The molecule has 17 heavy (non-hydrogen) atoms. The summed E-state index contributed by atoms with van der Waals surface area (Å²) in [5.74, 6) is -0.737. The molecule has 0 aliphatic carbocycles. The van der Waals surface area contributed by atoms with Crippen molar-refractivity contribution in [3.63, 3.8) is 0 Å². The van der Waals surface area contributed by atoms with Crippen LogP contribution in [0.25, 0.3) is 0 Å². The number of hydrogen-bond acceptors (Lipinski definition) is 3. The van der Waals surface area contributed by atoms with E-state index in [4.69, 9.17) is 11.6 Å². The van der Waals surface area contributed by atoms with E-state index in [1.54, 1.807) is 20.8 Å². The Morgan fingerprint density at radius 3 is 2.53 bits per heavy atom. The van der Waals surface area contributed by atoms with E-state index < -0.39 is 11.4 Å². The molecule has 94 valence electrons. The third-order valence-electron chi connectivity index (χ3n) is 2.65. The van der Waals surface area contributed by atoms with Crippen LogP contribution in [0.3, 0.4) is 0 Å². The predicted molar refractivity (Wildman–Crippen MR) is 66.6 cm³/mol. The third kappa shape index (κ3) is 3.27. The van der Waals surface area contributed by atoms with E-state index in [9.17, 15) is 15.0 Å². The number of phenols is 2. The van der Waals surface area contributed by atoms with Crippen molar-refractivity contribution in [3.05, 3.63) is 23.8 Å². The first-order valence-corrected chi connectivity index (χ1v) is 5.66. The Morgan fingerprint density at radius 1 is 1.41 bits per heavy atom. The van der Waals surface area contributed by atoms with Crippen molar-refractivity contribution in [1.82, 2.24) is 5.32 Å². The Balaban J connectivity index is 2.94. The van der Waals surface area contributed by atoms with Crippen LogP contribution in [-0.2, 0) is 0 Å². The summed E-state index contributed by atoms with van der Waals surface area (Å²) in [6.45, 7) is 5.33. The van der Waals surface area contributed by atoms with Crippen LogP contribution < -0.4 is 5.32 Å². The minimum atomic E-state index is -0.615. The molecular weight excluding hydrogens is 242 g/mol. The highest BCUT2D eigenvalue weighted by molar-refractivity contribution is 6.21. The van der Waals surface area contributed by atoms with Crippen molar-refractivity contribution < 1.29 is 15.0 Å². The summed E-state index contributed by atoms with van der Waals surface area (Å²) >= 11 is 5.95. The monoisotopic (exact) mass is 257 g/mol. The fourth-order valence-electron chi connectivity index (χ4n) is 1.17. The summed E-state index contributed by atoms with van der Waals surface area (Å²) in [4.78, 5) is 11.9. The van der Waals surface area contributed by atoms with Crippen LogP contribution in [0.5, 0.6) is 11.5 Å². The van der Waals surface area contributed by atoms with Crippen LogP contribution in [0, 0.1) is 0 Å². The zero-order valence-electron chi connectivity index (χ0n) is 9.99. The van der Waals surface area contributed by atoms with Gasteiger partial charge in [0.2, 0.25) is 0 Å². The molecular formula is C12H16ClNO3. The van der Waals surface area contributed by atoms with Crippen molar-refractivity contribution in [2.75, 3.05) is 0 Å². The minimum Gasteiger partial charge on any atom is -0.508 e. The molecule has 1 amide bonds. The lowest BCUT2D eigenvalue weighted by atomic mass is 10.0. The van der Waals surface area contributed by atoms with Crippen LogP contribution in [0.1, 0.15) is 31.1 Å². The molecule has 3 N–H and O–H groups in total. The average molecular weight is 258 g/mol. The van der Waals surface area contributed by atoms with Crippen molar-refractivity contribution >= 4 is 17.5 Å². The molecule has 0 aromatic heterocycles. The Hall–Kier alpha value is -1.42. The first-order valence-electron chi connectivity index (χ1n) is 5.22. The van der Waals surface area contributed by atoms with Gasteiger partial charge in [0.1, 0.15) is 11.5 Å². The molecule has 0 bridgehead atoms. The van der Waals surface area contributed by atoms with Gasteiger partial charge in [-0.1, -0.05) is 0 Å². The standard InChI is InChI=1S/C12H16ClNO3/c1-7(13)12(2,3)14-11(17)9-6-8(15)4-5-10(9)16/h4-7,15-16H,1-3H3,(H,14,17). The fourth-order valence-corrected chi connectivity index (χ4v) is 1.22. The van der Waals surface area contributed by atoms with Gasteiger partial charge in [0, 0.05) is 0 Å². The lowest BCUT2D eigenvalue weighted by molar-refractivity contribution is 0.0909. The summed E-state index contributed by atoms with van der Waals surface area (Å²) in [5.41, 5.74) is -0.591. The zero-order chi connectivity index (χ0) is 13.2. The van der Waals surface area contributed by atoms with Gasteiger partial charge >= 0.3 is 0 Å². The number of halogens is 1. The second kappa shape index (κ2) is 4.84. The van der Waals surface area contributed by atoms with E-state index >= 15 is 0 Å². The summed E-state index contributed by atoms with van der Waals surface area (Å²) in [6.07, 6.45) is 0. The van der Waals surface area contributed by atoms with Gasteiger partial charge < -0.3 is 15.5 Å². The van der Waals surface area contributed by atoms with E-state index in [0.717, 1.165) is 0 Å². The molecule has 4 nitrogen and oxygen atoms in total. The molecule has 1 aromatic carbocycles. The number of nitrogens with one attached hydrogen (secondary N) is 1. The second-order valence-electron chi connectivity index (χ2n) is 4.49. The molecule has 0 saturated carbocycles. The maximum atomic E-state index is 11.9. The van der Waals surface area contributed by atoms with Crippen LogP contribution in [0.4, 0.5) is 0 Å². The Labute approximate surface area is 105 Å². The lowest BCUT2D eigenvalue weighted by Gasteiger charge is -2.29. The molecule has 1 unspecified atom stereocenters. The van der Waals surface area contributed by atoms with E-state index in [0.29, 0.717) is 0 Å². The number of amides is 1.